The van der Waals surface area contributed by atoms with Crippen molar-refractivity contribution in [1.82, 2.24) is 20.6 Å². The molecule has 0 aliphatic rings. The van der Waals surface area contributed by atoms with E-state index in [1.807, 2.05) is 52.9 Å². The fourth-order valence-electron chi connectivity index (χ4n) is 3.22. The maximum atomic E-state index is 12.0. The lowest BCUT2D eigenvalue weighted by Crippen LogP contribution is -2.25. The van der Waals surface area contributed by atoms with Gasteiger partial charge in [0, 0.05) is 56.6 Å². The molecule has 2 heterocycles. The molecule has 30 heavy (non-hydrogen) atoms. The van der Waals surface area contributed by atoms with E-state index >= 15 is 0 Å². The molecule has 0 saturated heterocycles. The van der Waals surface area contributed by atoms with Crippen LogP contribution in [-0.2, 0) is 29.1 Å². The van der Waals surface area contributed by atoms with Gasteiger partial charge in [0.05, 0.1) is 0 Å². The predicted octanol–water partition coefficient (Wildman–Crippen LogP) is 3.70. The molecule has 0 aromatic carbocycles. The molecule has 0 radical (unpaired) electrons. The third-order valence-electron chi connectivity index (χ3n) is 4.91. The second-order valence-electron chi connectivity index (χ2n) is 8.62. The van der Waals surface area contributed by atoms with E-state index in [1.165, 1.54) is 0 Å². The molecule has 6 nitrogen and oxygen atoms in total. The first-order valence-electron chi connectivity index (χ1n) is 10.6. The van der Waals surface area contributed by atoms with Crippen LogP contribution >= 0.6 is 0 Å². The van der Waals surface area contributed by atoms with Gasteiger partial charge in [-0.15, -0.1) is 0 Å². The number of hydrogen-bond acceptors (Lipinski definition) is 4. The molecule has 2 aromatic heterocycles. The highest BCUT2D eigenvalue weighted by molar-refractivity contribution is 5.76. The van der Waals surface area contributed by atoms with Crippen LogP contribution in [0.4, 0.5) is 0 Å². The van der Waals surface area contributed by atoms with Crippen molar-refractivity contribution in [2.75, 3.05) is 0 Å². The molecular weight excluding hydrogens is 376 g/mol. The van der Waals surface area contributed by atoms with Crippen molar-refractivity contribution in [1.29, 1.82) is 0 Å². The first kappa shape index (κ1) is 23.5. The summed E-state index contributed by atoms with van der Waals surface area (Å²) in [6.45, 7) is 11.1. The van der Waals surface area contributed by atoms with Crippen LogP contribution in [0.2, 0.25) is 0 Å². The molecule has 0 fully saturated rings. The Morgan fingerprint density at radius 3 is 2.07 bits per heavy atom. The second-order valence-corrected chi connectivity index (χ2v) is 8.62. The van der Waals surface area contributed by atoms with Crippen LogP contribution in [0, 0.1) is 18.8 Å². The minimum absolute atomic E-state index is 0.0526. The molecule has 0 aliphatic heterocycles. The number of aromatic nitrogens is 2. The lowest BCUT2D eigenvalue weighted by atomic mass is 9.99. The van der Waals surface area contributed by atoms with Crippen molar-refractivity contribution in [3.63, 3.8) is 0 Å². The Morgan fingerprint density at radius 2 is 1.47 bits per heavy atom. The van der Waals surface area contributed by atoms with Gasteiger partial charge in [0.25, 0.3) is 0 Å². The number of carbonyl (C=O) groups is 2. The summed E-state index contributed by atoms with van der Waals surface area (Å²) in [6, 6.07) is 3.88. The molecule has 0 atom stereocenters. The summed E-state index contributed by atoms with van der Waals surface area (Å²) in [4.78, 5) is 32.9. The molecule has 0 unspecified atom stereocenters. The van der Waals surface area contributed by atoms with E-state index in [2.05, 4.69) is 20.6 Å². The number of hydrogen-bond donors (Lipinski definition) is 2. The third kappa shape index (κ3) is 7.58. The summed E-state index contributed by atoms with van der Waals surface area (Å²) in [5, 5.41) is 5.97. The normalized spacial score (nSPS) is 11.0. The van der Waals surface area contributed by atoms with Crippen molar-refractivity contribution in [3.05, 3.63) is 58.7 Å². The molecule has 2 rings (SSSR count). The molecule has 0 bridgehead atoms. The van der Waals surface area contributed by atoms with E-state index in [-0.39, 0.29) is 11.8 Å². The van der Waals surface area contributed by atoms with Crippen LogP contribution in [0.3, 0.4) is 0 Å². The topological polar surface area (TPSA) is 84.0 Å². The number of amides is 2. The van der Waals surface area contributed by atoms with Gasteiger partial charge in [-0.05, 0) is 47.1 Å². The number of rotatable bonds is 10. The largest absolute Gasteiger partial charge is 0.352 e. The standard InChI is InChI=1S/C24H34N4O2/c1-16(2)9-23(29)27-14-19-7-6-8-26-22(19)11-20-12-25-13-21(18(20)5)15-28-24(30)10-17(3)4/h6-8,12-13,16-17H,9-11,14-15H2,1-5H3,(H,27,29)(H,28,30). The molecule has 2 aromatic rings. The maximum absolute atomic E-state index is 12.0. The monoisotopic (exact) mass is 410 g/mol. The summed E-state index contributed by atoms with van der Waals surface area (Å²) < 4.78 is 0. The fraction of sp³-hybridized carbons (Fsp3) is 0.500. The van der Waals surface area contributed by atoms with Crippen molar-refractivity contribution >= 4 is 11.8 Å². The van der Waals surface area contributed by atoms with Crippen LogP contribution in [0.25, 0.3) is 0 Å². The molecule has 2 N–H and O–H groups in total. The van der Waals surface area contributed by atoms with Crippen molar-refractivity contribution in [2.45, 2.75) is 67.0 Å². The third-order valence-corrected chi connectivity index (χ3v) is 4.91. The Hall–Kier alpha value is -2.76. The van der Waals surface area contributed by atoms with Gasteiger partial charge in [0.15, 0.2) is 0 Å². The first-order chi connectivity index (χ1) is 14.3. The van der Waals surface area contributed by atoms with Gasteiger partial charge in [-0.2, -0.15) is 0 Å². The molecule has 0 spiro atoms. The highest BCUT2D eigenvalue weighted by Gasteiger charge is 2.12. The molecule has 0 saturated carbocycles. The quantitative estimate of drug-likeness (QED) is 0.625. The zero-order chi connectivity index (χ0) is 22.1. The lowest BCUT2D eigenvalue weighted by Gasteiger charge is -2.14. The van der Waals surface area contributed by atoms with Gasteiger partial charge in [0.1, 0.15) is 0 Å². The van der Waals surface area contributed by atoms with Crippen LogP contribution in [-0.4, -0.2) is 21.8 Å². The van der Waals surface area contributed by atoms with E-state index in [0.29, 0.717) is 44.2 Å². The molecule has 0 aliphatic carbocycles. The zero-order valence-electron chi connectivity index (χ0n) is 18.8. The minimum Gasteiger partial charge on any atom is -0.352 e. The summed E-state index contributed by atoms with van der Waals surface area (Å²) >= 11 is 0. The summed E-state index contributed by atoms with van der Waals surface area (Å²) in [5.74, 6) is 0.769. The summed E-state index contributed by atoms with van der Waals surface area (Å²) in [6.07, 6.45) is 7.09. The molecule has 2 amide bonds. The first-order valence-corrected chi connectivity index (χ1v) is 10.6. The van der Waals surface area contributed by atoms with Gasteiger partial charge in [-0.25, -0.2) is 0 Å². The van der Waals surface area contributed by atoms with Gasteiger partial charge < -0.3 is 10.6 Å². The van der Waals surface area contributed by atoms with Gasteiger partial charge in [-0.3, -0.25) is 19.6 Å². The Balaban J connectivity index is 2.08. The van der Waals surface area contributed by atoms with Gasteiger partial charge in [-0.1, -0.05) is 33.8 Å². The van der Waals surface area contributed by atoms with E-state index in [1.54, 1.807) is 12.4 Å². The van der Waals surface area contributed by atoms with E-state index < -0.39 is 0 Å². The highest BCUT2D eigenvalue weighted by Crippen LogP contribution is 2.18. The number of nitrogens with one attached hydrogen (secondary N) is 2. The van der Waals surface area contributed by atoms with Crippen LogP contribution in [0.5, 0.6) is 0 Å². The van der Waals surface area contributed by atoms with E-state index in [9.17, 15) is 9.59 Å². The average molecular weight is 411 g/mol. The molecule has 162 valence electrons. The smallest absolute Gasteiger partial charge is 0.220 e. The van der Waals surface area contributed by atoms with E-state index in [4.69, 9.17) is 0 Å². The Labute approximate surface area is 179 Å². The average Bonchev–Trinajstić information content (AvgIpc) is 2.67. The minimum atomic E-state index is 0.0526. The SMILES string of the molecule is Cc1c(CNC(=O)CC(C)C)cncc1Cc1ncccc1CNC(=O)CC(C)C. The molecular formula is C24H34N4O2. The number of pyridine rings is 2. The van der Waals surface area contributed by atoms with Crippen molar-refractivity contribution in [3.8, 4) is 0 Å². The Morgan fingerprint density at radius 1 is 0.900 bits per heavy atom. The zero-order valence-corrected chi connectivity index (χ0v) is 18.8. The maximum Gasteiger partial charge on any atom is 0.220 e. The molecule has 6 heteroatoms. The van der Waals surface area contributed by atoms with Crippen molar-refractivity contribution < 1.29 is 9.59 Å². The summed E-state index contributed by atoms with van der Waals surface area (Å²) in [7, 11) is 0. The predicted molar refractivity (Wildman–Crippen MR) is 119 cm³/mol. The number of carbonyl (C=O) groups excluding carboxylic acids is 2. The highest BCUT2D eigenvalue weighted by atomic mass is 16.2. The van der Waals surface area contributed by atoms with Crippen LogP contribution in [0.1, 0.15) is 68.5 Å². The Bertz CT molecular complexity index is 862. The number of nitrogens with zero attached hydrogens (tertiary/aromatic N) is 2. The van der Waals surface area contributed by atoms with E-state index in [0.717, 1.165) is 27.9 Å². The van der Waals surface area contributed by atoms with Gasteiger partial charge in [0.2, 0.25) is 11.8 Å². The summed E-state index contributed by atoms with van der Waals surface area (Å²) in [5.41, 5.74) is 5.11. The second kappa shape index (κ2) is 11.4. The fourth-order valence-corrected chi connectivity index (χ4v) is 3.22. The van der Waals surface area contributed by atoms with Crippen molar-refractivity contribution in [2.24, 2.45) is 11.8 Å². The lowest BCUT2D eigenvalue weighted by molar-refractivity contribution is -0.122. The van der Waals surface area contributed by atoms with Crippen LogP contribution < -0.4 is 10.6 Å². The Kier molecular flexibility index (Phi) is 8.96. The van der Waals surface area contributed by atoms with Crippen LogP contribution in [0.15, 0.2) is 30.7 Å². The van der Waals surface area contributed by atoms with Gasteiger partial charge >= 0.3 is 0 Å².